The molecule has 0 aromatic carbocycles. The molecule has 29 heavy (non-hydrogen) atoms. The van der Waals surface area contributed by atoms with Gasteiger partial charge in [0.05, 0.1) is 0 Å². The number of nitrogens with one attached hydrogen (secondary N) is 2. The Morgan fingerprint density at radius 3 is 1.28 bits per heavy atom. The van der Waals surface area contributed by atoms with Crippen LogP contribution in [0.5, 0.6) is 0 Å². The molecule has 0 rings (SSSR count). The summed E-state index contributed by atoms with van der Waals surface area (Å²) in [5.74, 6) is 0. The maximum absolute atomic E-state index is 3.65. The number of nitrogens with zero attached hydrogens (tertiary/aromatic N) is 1. The summed E-state index contributed by atoms with van der Waals surface area (Å²) < 4.78 is 0. The van der Waals surface area contributed by atoms with Gasteiger partial charge in [-0.3, -0.25) is 0 Å². The minimum absolute atomic E-state index is 1.07. The van der Waals surface area contributed by atoms with E-state index in [4.69, 9.17) is 0 Å². The Bertz CT molecular complexity index is 319. The maximum atomic E-state index is 3.65. The second-order valence-corrected chi connectivity index (χ2v) is 8.63. The van der Waals surface area contributed by atoms with Crippen molar-refractivity contribution in [3.05, 3.63) is 11.8 Å². The summed E-state index contributed by atoms with van der Waals surface area (Å²) in [4.78, 5) is 0. The van der Waals surface area contributed by atoms with E-state index < -0.39 is 0 Å². The number of hydrogen-bond acceptors (Lipinski definition) is 3. The molecule has 0 aliphatic carbocycles. The Kier molecular flexibility index (Phi) is 23.3. The van der Waals surface area contributed by atoms with Crippen LogP contribution < -0.4 is 10.9 Å². The van der Waals surface area contributed by atoms with E-state index in [1.54, 1.807) is 0 Å². The predicted molar refractivity (Wildman–Crippen MR) is 132 cm³/mol. The van der Waals surface area contributed by atoms with E-state index in [1.165, 1.54) is 115 Å². The molecule has 0 saturated heterocycles. The predicted octanol–water partition coefficient (Wildman–Crippen LogP) is 8.28. The molecule has 0 aliphatic heterocycles. The number of hydrogen-bond donors (Lipinski definition) is 2. The molecule has 0 spiro atoms. The van der Waals surface area contributed by atoms with Gasteiger partial charge in [0.15, 0.2) is 0 Å². The van der Waals surface area contributed by atoms with Gasteiger partial charge in [0, 0.05) is 18.8 Å². The molecule has 0 heterocycles. The third-order valence-corrected chi connectivity index (χ3v) is 5.73. The van der Waals surface area contributed by atoms with Gasteiger partial charge in [-0.2, -0.15) is 0 Å². The third-order valence-electron chi connectivity index (χ3n) is 5.73. The highest BCUT2D eigenvalue weighted by atomic mass is 15.7. The molecular weight excluding hydrogens is 354 g/mol. The molecule has 174 valence electrons. The molecule has 0 amide bonds. The van der Waals surface area contributed by atoms with E-state index in [9.17, 15) is 0 Å². The van der Waals surface area contributed by atoms with Gasteiger partial charge in [-0.05, 0) is 26.2 Å². The number of allylic oxidation sites excluding steroid dienone is 2. The Balaban J connectivity index is 3.90. The molecule has 0 aromatic rings. The number of hydrazine groups is 2. The Morgan fingerprint density at radius 2 is 0.931 bits per heavy atom. The highest BCUT2D eigenvalue weighted by Gasteiger charge is 2.07. The van der Waals surface area contributed by atoms with E-state index >= 15 is 0 Å². The average Bonchev–Trinajstić information content (AvgIpc) is 2.74. The average molecular weight is 410 g/mol. The number of rotatable bonds is 23. The molecule has 2 N–H and O–H groups in total. The van der Waals surface area contributed by atoms with E-state index in [0.29, 0.717) is 0 Å². The van der Waals surface area contributed by atoms with Crippen molar-refractivity contribution >= 4 is 0 Å². The molecule has 0 bridgehead atoms. The molecule has 3 nitrogen and oxygen atoms in total. The largest absolute Gasteiger partial charge is 0.246 e. The fourth-order valence-electron chi connectivity index (χ4n) is 3.80. The van der Waals surface area contributed by atoms with Gasteiger partial charge in [-0.15, -0.1) is 0 Å². The highest BCUT2D eigenvalue weighted by Crippen LogP contribution is 2.11. The summed E-state index contributed by atoms with van der Waals surface area (Å²) >= 11 is 0. The van der Waals surface area contributed by atoms with Gasteiger partial charge in [-0.25, -0.2) is 16.0 Å². The first-order valence-corrected chi connectivity index (χ1v) is 13.2. The summed E-state index contributed by atoms with van der Waals surface area (Å²) in [6.45, 7) is 11.1. The molecule has 0 radical (unpaired) electrons. The van der Waals surface area contributed by atoms with Crippen LogP contribution in [0.1, 0.15) is 143 Å². The maximum Gasteiger partial charge on any atom is 0.0433 e. The van der Waals surface area contributed by atoms with Crippen molar-refractivity contribution in [2.24, 2.45) is 0 Å². The fourth-order valence-corrected chi connectivity index (χ4v) is 3.80. The summed E-state index contributed by atoms with van der Waals surface area (Å²) in [7, 11) is 0. The molecule has 0 aliphatic rings. The lowest BCUT2D eigenvalue weighted by molar-refractivity contribution is 0.154. The zero-order chi connectivity index (χ0) is 21.4. The second-order valence-electron chi connectivity index (χ2n) is 8.63. The van der Waals surface area contributed by atoms with Gasteiger partial charge in [0.25, 0.3) is 0 Å². The zero-order valence-electron chi connectivity index (χ0n) is 20.7. The molecule has 0 aromatic heterocycles. The summed E-state index contributed by atoms with van der Waals surface area (Å²) in [5, 5.41) is 2.23. The van der Waals surface area contributed by atoms with Crippen LogP contribution in [0.15, 0.2) is 11.8 Å². The number of unbranched alkanes of at least 4 members (excludes halogenated alkanes) is 14. The smallest absolute Gasteiger partial charge is 0.0433 e. The van der Waals surface area contributed by atoms with E-state index in [1.807, 2.05) is 0 Å². The van der Waals surface area contributed by atoms with Crippen LogP contribution in [0.4, 0.5) is 0 Å². The third kappa shape index (κ3) is 19.2. The molecular formula is C26H55N3. The molecule has 0 fully saturated rings. The molecule has 0 unspecified atom stereocenters. The molecule has 0 saturated carbocycles. The summed E-state index contributed by atoms with van der Waals surface area (Å²) in [6.07, 6.45) is 26.6. The van der Waals surface area contributed by atoms with Crippen molar-refractivity contribution in [2.75, 3.05) is 13.1 Å². The van der Waals surface area contributed by atoms with Crippen LogP contribution in [-0.4, -0.2) is 18.2 Å². The highest BCUT2D eigenvalue weighted by molar-refractivity contribution is 4.96. The first-order chi connectivity index (χ1) is 14.3. The van der Waals surface area contributed by atoms with Gasteiger partial charge in [-0.1, -0.05) is 123 Å². The van der Waals surface area contributed by atoms with Crippen LogP contribution in [0, 0.1) is 0 Å². The lowest BCUT2D eigenvalue weighted by atomic mass is 10.1. The van der Waals surface area contributed by atoms with Crippen molar-refractivity contribution in [1.29, 1.82) is 0 Å². The van der Waals surface area contributed by atoms with Crippen LogP contribution in [0.3, 0.4) is 0 Å². The van der Waals surface area contributed by atoms with Crippen LogP contribution in [0.25, 0.3) is 0 Å². The lowest BCUT2D eigenvalue weighted by Crippen LogP contribution is -2.48. The Morgan fingerprint density at radius 1 is 0.552 bits per heavy atom. The Hall–Kier alpha value is -0.540. The monoisotopic (exact) mass is 409 g/mol. The standard InChI is InChI=1S/C26H55N3/c1-5-9-11-13-15-17-19-21-24-27-29(26(8-4)23-7-3)28-25-22-20-18-16-14-12-10-6-2/h8,27-28H,5-7,9-25H2,1-4H3. The van der Waals surface area contributed by atoms with Gasteiger partial charge in [0.1, 0.15) is 0 Å². The summed E-state index contributed by atoms with van der Waals surface area (Å²) in [5.41, 5.74) is 8.67. The van der Waals surface area contributed by atoms with Crippen LogP contribution >= 0.6 is 0 Å². The van der Waals surface area contributed by atoms with Crippen molar-refractivity contribution < 1.29 is 0 Å². The summed E-state index contributed by atoms with van der Waals surface area (Å²) in [6, 6.07) is 0. The zero-order valence-corrected chi connectivity index (χ0v) is 20.7. The second kappa shape index (κ2) is 23.7. The van der Waals surface area contributed by atoms with Gasteiger partial charge < -0.3 is 0 Å². The first kappa shape index (κ1) is 28.5. The van der Waals surface area contributed by atoms with Crippen molar-refractivity contribution in [2.45, 2.75) is 143 Å². The van der Waals surface area contributed by atoms with Gasteiger partial charge >= 0.3 is 0 Å². The Labute approximate surface area is 184 Å². The SMILES string of the molecule is CC=C(CCC)N(NCCCCCCCCCC)NCCCCCCCCCC. The van der Waals surface area contributed by atoms with Crippen LogP contribution in [0.2, 0.25) is 0 Å². The van der Waals surface area contributed by atoms with E-state index in [2.05, 4.69) is 49.7 Å². The lowest BCUT2D eigenvalue weighted by Gasteiger charge is -2.28. The minimum atomic E-state index is 1.07. The van der Waals surface area contributed by atoms with E-state index in [0.717, 1.165) is 19.5 Å². The fraction of sp³-hybridized carbons (Fsp3) is 0.923. The molecule has 3 heteroatoms. The van der Waals surface area contributed by atoms with E-state index in [-0.39, 0.29) is 0 Å². The van der Waals surface area contributed by atoms with Crippen molar-refractivity contribution in [3.63, 3.8) is 0 Å². The van der Waals surface area contributed by atoms with Crippen LogP contribution in [-0.2, 0) is 0 Å². The minimum Gasteiger partial charge on any atom is -0.246 e. The first-order valence-electron chi connectivity index (χ1n) is 13.2. The topological polar surface area (TPSA) is 27.3 Å². The normalized spacial score (nSPS) is 11.9. The van der Waals surface area contributed by atoms with Crippen molar-refractivity contribution in [3.8, 4) is 0 Å². The van der Waals surface area contributed by atoms with Gasteiger partial charge in [0.2, 0.25) is 0 Å². The molecule has 0 atom stereocenters. The van der Waals surface area contributed by atoms with Crippen molar-refractivity contribution in [1.82, 2.24) is 16.0 Å². The quantitative estimate of drug-likeness (QED) is 0.131.